The van der Waals surface area contributed by atoms with Crippen molar-refractivity contribution in [1.82, 2.24) is 26.2 Å². The van der Waals surface area contributed by atoms with Crippen molar-refractivity contribution in [2.45, 2.75) is 69.1 Å². The maximum atomic E-state index is 14.5. The summed E-state index contributed by atoms with van der Waals surface area (Å²) in [6.07, 6.45) is 2.98. The lowest BCUT2D eigenvalue weighted by atomic mass is 9.96. The van der Waals surface area contributed by atoms with Gasteiger partial charge in [-0.25, -0.2) is 0 Å². The third-order valence-electron chi connectivity index (χ3n) is 10.5. The highest BCUT2D eigenvalue weighted by molar-refractivity contribution is 8.04. The number of hydrogen-bond acceptors (Lipinski definition) is 9. The van der Waals surface area contributed by atoms with Crippen LogP contribution in [-0.2, 0) is 41.4 Å². The Kier molecular flexibility index (Phi) is 14.4. The highest BCUT2D eigenvalue weighted by Gasteiger charge is 2.39. The quantitative estimate of drug-likeness (QED) is 0.0819. The number of hydrogen-bond donors (Lipinski definition) is 7. The third-order valence-corrected chi connectivity index (χ3v) is 14.1. The smallest absolute Gasteiger partial charge is 0.335 e. The van der Waals surface area contributed by atoms with Crippen LogP contribution in [0.15, 0.2) is 72.1 Å². The summed E-state index contributed by atoms with van der Waals surface area (Å²) in [5.41, 5.74) is 6.81. The summed E-state index contributed by atoms with van der Waals surface area (Å²) < 4.78 is 12.8. The number of fused-ring (bicyclic) bond motifs is 2. The lowest BCUT2D eigenvalue weighted by Gasteiger charge is -2.37. The number of rotatable bonds is 16. The van der Waals surface area contributed by atoms with Gasteiger partial charge in [-0.1, -0.05) is 60.7 Å². The number of nitrogens with one attached hydrogen (secondary N) is 4. The molecule has 14 nitrogen and oxygen atoms in total. The molecule has 4 atom stereocenters. The average Bonchev–Trinajstić information content (AvgIpc) is 3.61. The molecule has 0 bridgehead atoms. The Balaban J connectivity index is 1.21. The van der Waals surface area contributed by atoms with Crippen molar-refractivity contribution in [1.29, 1.82) is 0 Å². The predicted octanol–water partition coefficient (Wildman–Crippen LogP) is 3.03. The van der Waals surface area contributed by atoms with Gasteiger partial charge in [-0.15, -0.1) is 23.1 Å². The molecule has 0 unspecified atom stereocenters. The van der Waals surface area contributed by atoms with E-state index in [4.69, 9.17) is 5.73 Å². The molecule has 0 saturated carbocycles. The first-order valence-electron chi connectivity index (χ1n) is 19.1. The fraction of sp³-hybridized carbons (Fsp3) is 0.425. The molecular weight excluding hydrogens is 788 g/mol. The molecule has 2 aliphatic rings. The first kappa shape index (κ1) is 42.3. The first-order valence-corrected chi connectivity index (χ1v) is 23.0. The monoisotopic (exact) mass is 836 g/mol. The van der Waals surface area contributed by atoms with Crippen molar-refractivity contribution in [3.05, 3.63) is 83.2 Å². The first-order chi connectivity index (χ1) is 27.4. The van der Waals surface area contributed by atoms with E-state index >= 15 is 0 Å². The van der Waals surface area contributed by atoms with Gasteiger partial charge in [-0.3, -0.25) is 28.5 Å². The van der Waals surface area contributed by atoms with Crippen LogP contribution in [0.2, 0.25) is 0 Å². The van der Waals surface area contributed by atoms with E-state index in [-0.39, 0.29) is 43.4 Å². The van der Waals surface area contributed by atoms with Gasteiger partial charge < -0.3 is 41.7 Å². The summed E-state index contributed by atoms with van der Waals surface area (Å²) in [5.74, 6) is -3.33. The van der Waals surface area contributed by atoms with Crippen LogP contribution >= 0.6 is 30.7 Å². The highest BCUT2D eigenvalue weighted by atomic mass is 32.2. The van der Waals surface area contributed by atoms with Gasteiger partial charge >= 0.3 is 7.60 Å². The van der Waals surface area contributed by atoms with E-state index in [1.54, 1.807) is 0 Å². The van der Waals surface area contributed by atoms with Crippen LogP contribution in [0.4, 0.5) is 0 Å². The highest BCUT2D eigenvalue weighted by Crippen LogP contribution is 2.39. The second-order valence-electron chi connectivity index (χ2n) is 14.7. The van der Waals surface area contributed by atoms with Crippen LogP contribution in [-0.4, -0.2) is 99.3 Å². The topological polar surface area (TPSA) is 220 Å². The number of thioether (sulfide) groups is 1. The van der Waals surface area contributed by atoms with Crippen molar-refractivity contribution < 1.29 is 38.3 Å². The standard InChI is InChI=1S/C40H49N6O8PS2/c41-36(47)31(20-25-12-13-26-7-1-2-8-28(26)19-25)43-39(50)34-10-5-6-18-46(34)40(51)33(23-56-24-55(52,53)54)45-38(49)32(44-37(48)27-14-16-42-17-15-27)21-29-22-57-35-11-4-3-9-30(29)35/h1-4,7-9,11-13,19,22,27,31-34,42H,5-6,10,14-18,20-21,23-24H2,(H2,41,47)(H,43,50)(H,44,48)(H,45,49)(H2,52,53,54)/t31-,32-,33-,34-/m0/s1. The van der Waals surface area contributed by atoms with Crippen molar-refractivity contribution in [2.24, 2.45) is 11.7 Å². The molecule has 0 spiro atoms. The maximum Gasteiger partial charge on any atom is 0.335 e. The molecule has 1 aromatic heterocycles. The van der Waals surface area contributed by atoms with Gasteiger partial charge in [0.05, 0.1) is 5.49 Å². The van der Waals surface area contributed by atoms with Gasteiger partial charge in [-0.05, 0) is 83.9 Å². The molecule has 0 aliphatic carbocycles. The van der Waals surface area contributed by atoms with Gasteiger partial charge in [0.1, 0.15) is 24.2 Å². The van der Waals surface area contributed by atoms with E-state index in [1.807, 2.05) is 72.1 Å². The van der Waals surface area contributed by atoms with Crippen molar-refractivity contribution in [3.8, 4) is 0 Å². The molecule has 2 fully saturated rings. The zero-order valence-corrected chi connectivity index (χ0v) is 34.0. The van der Waals surface area contributed by atoms with Crippen LogP contribution in [0.1, 0.15) is 43.2 Å². The largest absolute Gasteiger partial charge is 0.368 e. The molecular formula is C40H49N6O8PS2. The van der Waals surface area contributed by atoms with Crippen LogP contribution < -0.4 is 27.0 Å². The minimum Gasteiger partial charge on any atom is -0.368 e. The van der Waals surface area contributed by atoms with E-state index in [0.717, 1.165) is 43.7 Å². The van der Waals surface area contributed by atoms with E-state index in [2.05, 4.69) is 21.3 Å². The zero-order valence-electron chi connectivity index (χ0n) is 31.4. The number of benzene rings is 3. The number of primary amides is 1. The number of nitrogens with two attached hydrogens (primary N) is 1. The molecule has 2 saturated heterocycles. The van der Waals surface area contributed by atoms with Crippen LogP contribution in [0.25, 0.3) is 20.9 Å². The van der Waals surface area contributed by atoms with Crippen molar-refractivity contribution in [3.63, 3.8) is 0 Å². The number of likely N-dealkylation sites (tertiary alicyclic amines) is 1. The van der Waals surface area contributed by atoms with Crippen LogP contribution in [0.5, 0.6) is 0 Å². The molecule has 57 heavy (non-hydrogen) atoms. The molecule has 3 aromatic carbocycles. The fourth-order valence-corrected chi connectivity index (χ4v) is 10.3. The lowest BCUT2D eigenvalue weighted by Crippen LogP contribution is -2.61. The second-order valence-corrected chi connectivity index (χ2v) is 18.7. The zero-order chi connectivity index (χ0) is 40.5. The van der Waals surface area contributed by atoms with Crippen LogP contribution in [0.3, 0.4) is 0 Å². The summed E-state index contributed by atoms with van der Waals surface area (Å²) in [6.45, 7) is 1.52. The molecule has 3 heterocycles. The Morgan fingerprint density at radius 1 is 0.860 bits per heavy atom. The molecule has 5 amide bonds. The van der Waals surface area contributed by atoms with E-state index in [0.29, 0.717) is 38.8 Å². The average molecular weight is 837 g/mol. The fourth-order valence-electron chi connectivity index (χ4n) is 7.49. The molecule has 17 heteroatoms. The SMILES string of the molecule is NC(=O)[C@H](Cc1ccc2ccccc2c1)NC(=O)[C@@H]1CCCCN1C(=O)[C@H](CSCP(=O)(O)O)NC(=O)[C@H](Cc1csc2ccccc12)NC(=O)C1CCNCC1. The Labute approximate surface area is 339 Å². The van der Waals surface area contributed by atoms with Gasteiger partial charge in [0.15, 0.2) is 0 Å². The molecule has 6 rings (SSSR count). The summed E-state index contributed by atoms with van der Waals surface area (Å²) in [4.78, 5) is 89.4. The Morgan fingerprint density at radius 2 is 1.58 bits per heavy atom. The van der Waals surface area contributed by atoms with Crippen LogP contribution in [0, 0.1) is 5.92 Å². The predicted molar refractivity (Wildman–Crippen MR) is 222 cm³/mol. The molecule has 4 aromatic rings. The molecule has 8 N–H and O–H groups in total. The van der Waals surface area contributed by atoms with Gasteiger partial charge in [-0.2, -0.15) is 0 Å². The minimum absolute atomic E-state index is 0.133. The second kappa shape index (κ2) is 19.4. The van der Waals surface area contributed by atoms with E-state index in [9.17, 15) is 38.3 Å². The number of nitrogens with zero attached hydrogens (tertiary/aromatic N) is 1. The molecule has 304 valence electrons. The maximum absolute atomic E-state index is 14.5. The van der Waals surface area contributed by atoms with Gasteiger partial charge in [0.25, 0.3) is 0 Å². The number of thiophene rings is 1. The number of amides is 5. The Hall–Kier alpha value is -4.31. The number of carbonyl (C=O) groups excluding carboxylic acids is 5. The number of carbonyl (C=O) groups is 5. The van der Waals surface area contributed by atoms with Crippen molar-refractivity contribution >= 4 is 81.1 Å². The summed E-state index contributed by atoms with van der Waals surface area (Å²) in [7, 11) is -4.47. The normalized spacial score (nSPS) is 18.1. The summed E-state index contributed by atoms with van der Waals surface area (Å²) in [5, 5.41) is 16.6. The van der Waals surface area contributed by atoms with E-state index < -0.39 is 60.9 Å². The molecule has 2 aliphatic heterocycles. The Bertz CT molecular complexity index is 2140. The third kappa shape index (κ3) is 11.4. The van der Waals surface area contributed by atoms with Gasteiger partial charge in [0, 0.05) is 35.8 Å². The minimum atomic E-state index is -4.47. The lowest BCUT2D eigenvalue weighted by molar-refractivity contribution is -0.145. The summed E-state index contributed by atoms with van der Waals surface area (Å²) >= 11 is 2.32. The van der Waals surface area contributed by atoms with Crippen molar-refractivity contribution in [2.75, 3.05) is 30.9 Å². The van der Waals surface area contributed by atoms with E-state index in [1.165, 1.54) is 16.2 Å². The Morgan fingerprint density at radius 3 is 2.33 bits per heavy atom. The number of piperidine rings is 2. The van der Waals surface area contributed by atoms with Gasteiger partial charge in [0.2, 0.25) is 29.5 Å². The summed E-state index contributed by atoms with van der Waals surface area (Å²) in [6, 6.07) is 16.8. The molecule has 0 radical (unpaired) electrons.